The standard InChI is InChI=1S/C16H18N2O/c1-11-5-6-15-13(9-11)14(10-12(2)17-15)16(19)18-7-3-4-8-18/h5-6,9-10H,3-4,7-8H2,1-2H3. The molecule has 1 aliphatic heterocycles. The van der Waals surface area contributed by atoms with Crippen LogP contribution < -0.4 is 0 Å². The highest BCUT2D eigenvalue weighted by Crippen LogP contribution is 2.23. The number of carbonyl (C=O) groups excluding carboxylic acids is 1. The van der Waals surface area contributed by atoms with Crippen LogP contribution in [0, 0.1) is 13.8 Å². The molecule has 3 nitrogen and oxygen atoms in total. The summed E-state index contributed by atoms with van der Waals surface area (Å²) < 4.78 is 0. The fraction of sp³-hybridized carbons (Fsp3) is 0.375. The Morgan fingerprint density at radius 3 is 2.63 bits per heavy atom. The third-order valence-corrected chi connectivity index (χ3v) is 3.72. The second-order valence-corrected chi connectivity index (χ2v) is 5.33. The molecule has 1 amide bonds. The molecule has 0 atom stereocenters. The second kappa shape index (κ2) is 4.65. The molecule has 2 heterocycles. The van der Waals surface area contributed by atoms with Crippen LogP contribution in [0.1, 0.15) is 34.5 Å². The number of rotatable bonds is 1. The van der Waals surface area contributed by atoms with Crippen molar-refractivity contribution in [3.8, 4) is 0 Å². The van der Waals surface area contributed by atoms with Crippen molar-refractivity contribution in [3.05, 3.63) is 41.1 Å². The van der Waals surface area contributed by atoms with Gasteiger partial charge in [0.1, 0.15) is 0 Å². The zero-order chi connectivity index (χ0) is 13.4. The molecule has 1 fully saturated rings. The van der Waals surface area contributed by atoms with E-state index in [1.165, 1.54) is 0 Å². The van der Waals surface area contributed by atoms with Gasteiger partial charge in [-0.05, 0) is 44.9 Å². The van der Waals surface area contributed by atoms with Crippen molar-refractivity contribution in [1.29, 1.82) is 0 Å². The van der Waals surface area contributed by atoms with Gasteiger partial charge in [0.2, 0.25) is 0 Å². The second-order valence-electron chi connectivity index (χ2n) is 5.33. The van der Waals surface area contributed by atoms with Gasteiger partial charge in [0.15, 0.2) is 0 Å². The van der Waals surface area contributed by atoms with E-state index < -0.39 is 0 Å². The van der Waals surface area contributed by atoms with Crippen molar-refractivity contribution in [3.63, 3.8) is 0 Å². The zero-order valence-corrected chi connectivity index (χ0v) is 11.4. The number of hydrogen-bond donors (Lipinski definition) is 0. The third-order valence-electron chi connectivity index (χ3n) is 3.72. The normalized spacial score (nSPS) is 15.2. The molecule has 1 aromatic carbocycles. The van der Waals surface area contributed by atoms with Crippen molar-refractivity contribution >= 4 is 16.8 Å². The van der Waals surface area contributed by atoms with Gasteiger partial charge in [0.25, 0.3) is 5.91 Å². The summed E-state index contributed by atoms with van der Waals surface area (Å²) in [6, 6.07) is 8.02. The molecule has 0 aliphatic carbocycles. The van der Waals surface area contributed by atoms with Crippen LogP contribution in [0.25, 0.3) is 10.9 Å². The zero-order valence-electron chi connectivity index (χ0n) is 11.4. The summed E-state index contributed by atoms with van der Waals surface area (Å²) in [4.78, 5) is 19.1. The Kier molecular flexibility index (Phi) is 2.97. The van der Waals surface area contributed by atoms with Crippen molar-refractivity contribution in [2.75, 3.05) is 13.1 Å². The van der Waals surface area contributed by atoms with E-state index in [-0.39, 0.29) is 5.91 Å². The first-order chi connectivity index (χ1) is 9.15. The van der Waals surface area contributed by atoms with E-state index in [9.17, 15) is 4.79 Å². The van der Waals surface area contributed by atoms with E-state index in [0.717, 1.165) is 53.7 Å². The molecule has 19 heavy (non-hydrogen) atoms. The van der Waals surface area contributed by atoms with E-state index in [4.69, 9.17) is 0 Å². The smallest absolute Gasteiger partial charge is 0.254 e. The summed E-state index contributed by atoms with van der Waals surface area (Å²) in [5.74, 6) is 0.151. The third kappa shape index (κ3) is 2.21. The van der Waals surface area contributed by atoms with Crippen LogP contribution in [0.3, 0.4) is 0 Å². The number of benzene rings is 1. The van der Waals surface area contributed by atoms with Gasteiger partial charge in [-0.3, -0.25) is 9.78 Å². The minimum atomic E-state index is 0.151. The van der Waals surface area contributed by atoms with E-state index in [2.05, 4.69) is 11.1 Å². The number of aromatic nitrogens is 1. The highest BCUT2D eigenvalue weighted by Gasteiger charge is 2.21. The Morgan fingerprint density at radius 1 is 1.16 bits per heavy atom. The van der Waals surface area contributed by atoms with Crippen LogP contribution >= 0.6 is 0 Å². The van der Waals surface area contributed by atoms with Crippen LogP contribution in [-0.2, 0) is 0 Å². The molecule has 1 saturated heterocycles. The van der Waals surface area contributed by atoms with Crippen LogP contribution in [0.5, 0.6) is 0 Å². The first-order valence-corrected chi connectivity index (χ1v) is 6.82. The fourth-order valence-electron chi connectivity index (χ4n) is 2.74. The molecule has 0 N–H and O–H groups in total. The van der Waals surface area contributed by atoms with Crippen LogP contribution in [0.2, 0.25) is 0 Å². The molecule has 2 aromatic rings. The van der Waals surface area contributed by atoms with Gasteiger partial charge in [-0.1, -0.05) is 11.6 Å². The molecule has 0 bridgehead atoms. The Labute approximate surface area is 113 Å². The highest BCUT2D eigenvalue weighted by atomic mass is 16.2. The molecular formula is C16H18N2O. The maximum absolute atomic E-state index is 12.6. The molecule has 98 valence electrons. The van der Waals surface area contributed by atoms with Crippen molar-refractivity contribution in [2.45, 2.75) is 26.7 Å². The van der Waals surface area contributed by atoms with Gasteiger partial charge in [-0.15, -0.1) is 0 Å². The average Bonchev–Trinajstić information content (AvgIpc) is 2.91. The number of carbonyl (C=O) groups is 1. The molecule has 0 radical (unpaired) electrons. The maximum atomic E-state index is 12.6. The summed E-state index contributed by atoms with van der Waals surface area (Å²) in [6.45, 7) is 5.75. The molecular weight excluding hydrogens is 236 g/mol. The number of nitrogens with zero attached hydrogens (tertiary/aromatic N) is 2. The van der Waals surface area contributed by atoms with E-state index in [1.807, 2.05) is 36.9 Å². The Bertz CT molecular complexity index is 642. The number of amides is 1. The van der Waals surface area contributed by atoms with Crippen molar-refractivity contribution in [2.24, 2.45) is 0 Å². The van der Waals surface area contributed by atoms with Gasteiger partial charge in [-0.25, -0.2) is 0 Å². The Balaban J connectivity index is 2.15. The molecule has 3 heteroatoms. The summed E-state index contributed by atoms with van der Waals surface area (Å²) in [5.41, 5.74) is 3.77. The highest BCUT2D eigenvalue weighted by molar-refractivity contribution is 6.06. The number of pyridine rings is 1. The lowest BCUT2D eigenvalue weighted by atomic mass is 10.0. The first kappa shape index (κ1) is 12.2. The predicted octanol–water partition coefficient (Wildman–Crippen LogP) is 3.09. The van der Waals surface area contributed by atoms with Gasteiger partial charge in [0.05, 0.1) is 11.1 Å². The molecule has 1 aromatic heterocycles. The lowest BCUT2D eigenvalue weighted by Crippen LogP contribution is -2.28. The first-order valence-electron chi connectivity index (χ1n) is 6.82. The van der Waals surface area contributed by atoms with Gasteiger partial charge < -0.3 is 4.90 Å². The monoisotopic (exact) mass is 254 g/mol. The topological polar surface area (TPSA) is 33.2 Å². The quantitative estimate of drug-likeness (QED) is 0.783. The minimum absolute atomic E-state index is 0.151. The summed E-state index contributed by atoms with van der Waals surface area (Å²) in [5, 5.41) is 0.975. The number of hydrogen-bond acceptors (Lipinski definition) is 2. The van der Waals surface area contributed by atoms with Crippen LogP contribution in [-0.4, -0.2) is 28.9 Å². The van der Waals surface area contributed by atoms with E-state index in [0.29, 0.717) is 0 Å². The lowest BCUT2D eigenvalue weighted by molar-refractivity contribution is 0.0794. The SMILES string of the molecule is Cc1ccc2nc(C)cc(C(=O)N3CCCC3)c2c1. The lowest BCUT2D eigenvalue weighted by Gasteiger charge is -2.17. The number of likely N-dealkylation sites (tertiary alicyclic amines) is 1. The van der Waals surface area contributed by atoms with Gasteiger partial charge in [-0.2, -0.15) is 0 Å². The van der Waals surface area contributed by atoms with E-state index >= 15 is 0 Å². The average molecular weight is 254 g/mol. The van der Waals surface area contributed by atoms with Crippen LogP contribution in [0.4, 0.5) is 0 Å². The Morgan fingerprint density at radius 2 is 1.89 bits per heavy atom. The van der Waals surface area contributed by atoms with Gasteiger partial charge >= 0.3 is 0 Å². The summed E-state index contributed by atoms with van der Waals surface area (Å²) >= 11 is 0. The fourth-order valence-corrected chi connectivity index (χ4v) is 2.74. The van der Waals surface area contributed by atoms with Crippen LogP contribution in [0.15, 0.2) is 24.3 Å². The minimum Gasteiger partial charge on any atom is -0.339 e. The Hall–Kier alpha value is -1.90. The molecule has 0 saturated carbocycles. The van der Waals surface area contributed by atoms with Crippen molar-refractivity contribution < 1.29 is 4.79 Å². The molecule has 1 aliphatic rings. The maximum Gasteiger partial charge on any atom is 0.254 e. The molecule has 0 unspecified atom stereocenters. The molecule has 0 spiro atoms. The van der Waals surface area contributed by atoms with E-state index in [1.54, 1.807) is 0 Å². The predicted molar refractivity (Wildman–Crippen MR) is 76.4 cm³/mol. The van der Waals surface area contributed by atoms with Gasteiger partial charge in [0, 0.05) is 24.2 Å². The molecule has 3 rings (SSSR count). The number of aryl methyl sites for hydroxylation is 2. The number of fused-ring (bicyclic) bond motifs is 1. The summed E-state index contributed by atoms with van der Waals surface area (Å²) in [6.07, 6.45) is 2.24. The summed E-state index contributed by atoms with van der Waals surface area (Å²) in [7, 11) is 0. The largest absolute Gasteiger partial charge is 0.339 e. The van der Waals surface area contributed by atoms with Crippen molar-refractivity contribution in [1.82, 2.24) is 9.88 Å².